The van der Waals surface area contributed by atoms with Crippen LogP contribution >= 0.6 is 11.8 Å². The first-order valence-corrected chi connectivity index (χ1v) is 3.98. The Labute approximate surface area is 57.8 Å². The van der Waals surface area contributed by atoms with Crippen LogP contribution in [-0.4, -0.2) is 40.2 Å². The fraction of sp³-hybridized carbons (Fsp3) is 0.800. The highest BCUT2D eigenvalue weighted by molar-refractivity contribution is 8.14. The molecule has 0 bridgehead atoms. The van der Waals surface area contributed by atoms with Crippen LogP contribution in [0.25, 0.3) is 0 Å². The minimum absolute atomic E-state index is 0.451. The second-order valence-corrected chi connectivity index (χ2v) is 3.25. The summed E-state index contributed by atoms with van der Waals surface area (Å²) in [6.07, 6.45) is -0.451. The van der Waals surface area contributed by atoms with Gasteiger partial charge in [0.25, 0.3) is 0 Å². The molecule has 1 unspecified atom stereocenters. The van der Waals surface area contributed by atoms with Gasteiger partial charge in [-0.15, -0.1) is 0 Å². The number of rotatable bonds is 0. The van der Waals surface area contributed by atoms with Crippen molar-refractivity contribution in [1.82, 2.24) is 4.90 Å². The van der Waals surface area contributed by atoms with Gasteiger partial charge < -0.3 is 10.0 Å². The summed E-state index contributed by atoms with van der Waals surface area (Å²) in [6.45, 7) is 1.77. The molecular weight excluding hydrogens is 136 g/mol. The van der Waals surface area contributed by atoms with Crippen LogP contribution in [0.3, 0.4) is 0 Å². The van der Waals surface area contributed by atoms with Gasteiger partial charge in [-0.3, -0.25) is 0 Å². The van der Waals surface area contributed by atoms with Gasteiger partial charge in [0.2, 0.25) is 0 Å². The maximum absolute atomic E-state index is 8.99. The molecule has 1 atom stereocenters. The SMILES string of the molecule is OC1CN2CCSC2=N1. The zero-order valence-electron chi connectivity index (χ0n) is 4.95. The van der Waals surface area contributed by atoms with Gasteiger partial charge in [0.05, 0.1) is 6.54 Å². The fourth-order valence-corrected chi connectivity index (χ4v) is 2.13. The lowest BCUT2D eigenvalue weighted by Gasteiger charge is -2.08. The highest BCUT2D eigenvalue weighted by Crippen LogP contribution is 2.22. The number of nitrogens with zero attached hydrogens (tertiary/aromatic N) is 2. The molecule has 0 aliphatic carbocycles. The van der Waals surface area contributed by atoms with Crippen LogP contribution in [-0.2, 0) is 0 Å². The summed E-state index contributed by atoms with van der Waals surface area (Å²) >= 11 is 1.73. The van der Waals surface area contributed by atoms with Gasteiger partial charge in [-0.2, -0.15) is 0 Å². The Morgan fingerprint density at radius 2 is 2.67 bits per heavy atom. The summed E-state index contributed by atoms with van der Waals surface area (Å²) in [5.41, 5.74) is 0. The Hall–Kier alpha value is -0.220. The summed E-state index contributed by atoms with van der Waals surface area (Å²) in [5.74, 6) is 1.13. The molecule has 2 rings (SSSR count). The molecule has 0 aromatic rings. The average molecular weight is 144 g/mol. The van der Waals surface area contributed by atoms with E-state index in [-0.39, 0.29) is 0 Å². The van der Waals surface area contributed by atoms with Gasteiger partial charge in [0, 0.05) is 12.3 Å². The van der Waals surface area contributed by atoms with E-state index in [0.717, 1.165) is 17.5 Å². The third-order valence-electron chi connectivity index (χ3n) is 1.51. The molecule has 1 fully saturated rings. The van der Waals surface area contributed by atoms with Gasteiger partial charge >= 0.3 is 0 Å². The molecule has 1 N–H and O–H groups in total. The number of thioether (sulfide) groups is 1. The number of aliphatic hydroxyl groups is 1. The molecule has 4 heteroatoms. The Morgan fingerprint density at radius 1 is 1.78 bits per heavy atom. The monoisotopic (exact) mass is 144 g/mol. The summed E-state index contributed by atoms with van der Waals surface area (Å²) in [6, 6.07) is 0. The smallest absolute Gasteiger partial charge is 0.165 e. The van der Waals surface area contributed by atoms with Crippen molar-refractivity contribution in [3.05, 3.63) is 0 Å². The largest absolute Gasteiger partial charge is 0.370 e. The van der Waals surface area contributed by atoms with E-state index in [4.69, 9.17) is 5.11 Å². The van der Waals surface area contributed by atoms with Crippen LogP contribution in [0.15, 0.2) is 4.99 Å². The lowest BCUT2D eigenvalue weighted by molar-refractivity contribution is 0.174. The molecule has 2 heterocycles. The van der Waals surface area contributed by atoms with Crippen LogP contribution in [0.2, 0.25) is 0 Å². The molecule has 50 valence electrons. The van der Waals surface area contributed by atoms with E-state index >= 15 is 0 Å². The third kappa shape index (κ3) is 0.822. The normalized spacial score (nSPS) is 32.8. The number of aliphatic imine (C=N–C) groups is 1. The molecule has 2 aliphatic rings. The van der Waals surface area contributed by atoms with Crippen molar-refractivity contribution < 1.29 is 5.11 Å². The maximum Gasteiger partial charge on any atom is 0.165 e. The van der Waals surface area contributed by atoms with Crippen LogP contribution in [0, 0.1) is 0 Å². The highest BCUT2D eigenvalue weighted by atomic mass is 32.2. The predicted molar refractivity (Wildman–Crippen MR) is 37.5 cm³/mol. The maximum atomic E-state index is 8.99. The number of amidine groups is 1. The first-order chi connectivity index (χ1) is 4.36. The molecule has 9 heavy (non-hydrogen) atoms. The van der Waals surface area contributed by atoms with Crippen LogP contribution in [0.4, 0.5) is 0 Å². The van der Waals surface area contributed by atoms with Crippen molar-refractivity contribution in [3.63, 3.8) is 0 Å². The van der Waals surface area contributed by atoms with Crippen LogP contribution in [0.5, 0.6) is 0 Å². The zero-order chi connectivity index (χ0) is 6.27. The van der Waals surface area contributed by atoms with Gasteiger partial charge in [0.1, 0.15) is 0 Å². The predicted octanol–water partition coefficient (Wildman–Crippen LogP) is -0.277. The van der Waals surface area contributed by atoms with E-state index in [1.54, 1.807) is 11.8 Å². The first-order valence-electron chi connectivity index (χ1n) is 3.00. The van der Waals surface area contributed by atoms with Gasteiger partial charge in [-0.1, -0.05) is 11.8 Å². The average Bonchev–Trinajstić information content (AvgIpc) is 2.22. The summed E-state index contributed by atoms with van der Waals surface area (Å²) in [7, 11) is 0. The van der Waals surface area contributed by atoms with Crippen LogP contribution < -0.4 is 0 Å². The second kappa shape index (κ2) is 1.88. The topological polar surface area (TPSA) is 35.8 Å². The van der Waals surface area contributed by atoms with Crippen LogP contribution in [0.1, 0.15) is 0 Å². The van der Waals surface area contributed by atoms with Crippen molar-refractivity contribution in [2.75, 3.05) is 18.8 Å². The van der Waals surface area contributed by atoms with E-state index in [1.807, 2.05) is 0 Å². The number of hydrogen-bond acceptors (Lipinski definition) is 4. The Morgan fingerprint density at radius 3 is 3.44 bits per heavy atom. The molecular formula is C5H8N2OS. The third-order valence-corrected chi connectivity index (χ3v) is 2.51. The van der Waals surface area contributed by atoms with Crippen molar-refractivity contribution in [3.8, 4) is 0 Å². The van der Waals surface area contributed by atoms with Crippen molar-refractivity contribution in [1.29, 1.82) is 0 Å². The van der Waals surface area contributed by atoms with Crippen molar-refractivity contribution >= 4 is 16.9 Å². The van der Waals surface area contributed by atoms with Crippen molar-refractivity contribution in [2.45, 2.75) is 6.23 Å². The Balaban J connectivity index is 2.18. The lowest BCUT2D eigenvalue weighted by atomic mass is 10.5. The molecule has 3 nitrogen and oxygen atoms in total. The summed E-state index contributed by atoms with van der Waals surface area (Å²) in [5, 5.41) is 10.0. The summed E-state index contributed by atoms with van der Waals surface area (Å²) < 4.78 is 0. The van der Waals surface area contributed by atoms with E-state index in [0.29, 0.717) is 6.54 Å². The Kier molecular flexibility index (Phi) is 1.16. The first kappa shape index (κ1) is 5.56. The van der Waals surface area contributed by atoms with Crippen molar-refractivity contribution in [2.24, 2.45) is 4.99 Å². The van der Waals surface area contributed by atoms with Gasteiger partial charge in [0.15, 0.2) is 11.4 Å². The molecule has 0 saturated carbocycles. The summed E-state index contributed by atoms with van der Waals surface area (Å²) in [4.78, 5) is 6.13. The molecule has 0 spiro atoms. The molecule has 0 amide bonds. The minimum Gasteiger partial charge on any atom is -0.370 e. The molecule has 0 radical (unpaired) electrons. The van der Waals surface area contributed by atoms with Gasteiger partial charge in [-0.25, -0.2) is 4.99 Å². The van der Waals surface area contributed by atoms with Gasteiger partial charge in [-0.05, 0) is 0 Å². The van der Waals surface area contributed by atoms with E-state index in [9.17, 15) is 0 Å². The molecule has 0 aromatic carbocycles. The van der Waals surface area contributed by atoms with E-state index in [2.05, 4.69) is 9.89 Å². The quantitative estimate of drug-likeness (QED) is 0.508. The zero-order valence-corrected chi connectivity index (χ0v) is 5.77. The number of fused-ring (bicyclic) bond motifs is 1. The molecule has 2 aliphatic heterocycles. The van der Waals surface area contributed by atoms with E-state index in [1.165, 1.54) is 0 Å². The fourth-order valence-electron chi connectivity index (χ4n) is 1.09. The van der Waals surface area contributed by atoms with E-state index < -0.39 is 6.23 Å². The second-order valence-electron chi connectivity index (χ2n) is 2.19. The highest BCUT2D eigenvalue weighted by Gasteiger charge is 2.27. The lowest BCUT2D eigenvalue weighted by Crippen LogP contribution is -2.23. The number of aliphatic hydroxyl groups excluding tert-OH is 1. The minimum atomic E-state index is -0.451. The molecule has 1 saturated heterocycles. The Bertz CT molecular complexity index is 159. The standard InChI is InChI=1S/C5H8N2OS/c8-4-3-7-1-2-9-5(7)6-4/h4,8H,1-3H2. The molecule has 0 aromatic heterocycles. The number of hydrogen-bond donors (Lipinski definition) is 1.